The molecule has 1 atom stereocenters. The van der Waals surface area contributed by atoms with Gasteiger partial charge >= 0.3 is 11.9 Å². The zero-order chi connectivity index (χ0) is 13.0. The van der Waals surface area contributed by atoms with Crippen LogP contribution in [0.2, 0.25) is 0 Å². The van der Waals surface area contributed by atoms with Crippen LogP contribution in [0.4, 0.5) is 0 Å². The molecule has 6 heteroatoms. The highest BCUT2D eigenvalue weighted by Crippen LogP contribution is 1.87. The number of hydrogen-bond donors (Lipinski definition) is 2. The van der Waals surface area contributed by atoms with E-state index in [9.17, 15) is 9.59 Å². The highest BCUT2D eigenvalue weighted by molar-refractivity contribution is 5.73. The third-order valence-electron chi connectivity index (χ3n) is 1.40. The van der Waals surface area contributed by atoms with Gasteiger partial charge in [-0.3, -0.25) is 4.79 Å². The van der Waals surface area contributed by atoms with Gasteiger partial charge in [-0.1, -0.05) is 0 Å². The summed E-state index contributed by atoms with van der Waals surface area (Å²) in [6.07, 6.45) is 0.452. The van der Waals surface area contributed by atoms with Gasteiger partial charge in [-0.05, 0) is 19.8 Å². The molecular weight excluding hydrogens is 216 g/mol. The summed E-state index contributed by atoms with van der Waals surface area (Å²) in [6, 6.07) is 0. The van der Waals surface area contributed by atoms with Gasteiger partial charge in [-0.25, -0.2) is 4.79 Å². The number of esters is 2. The van der Waals surface area contributed by atoms with Crippen LogP contribution in [0.1, 0.15) is 26.7 Å². The van der Waals surface area contributed by atoms with Gasteiger partial charge in [0.05, 0.1) is 13.7 Å². The number of carbonyl (C=O) groups is 2. The van der Waals surface area contributed by atoms with Crippen molar-refractivity contribution in [2.75, 3.05) is 20.3 Å². The molecule has 0 heterocycles. The van der Waals surface area contributed by atoms with E-state index in [1.807, 2.05) is 0 Å². The quantitative estimate of drug-likeness (QED) is 0.510. The molecule has 0 rings (SSSR count). The number of hydrogen-bond acceptors (Lipinski definition) is 6. The number of rotatable bonds is 5. The summed E-state index contributed by atoms with van der Waals surface area (Å²) in [6.45, 7) is 3.32. The van der Waals surface area contributed by atoms with Crippen LogP contribution in [-0.2, 0) is 19.1 Å². The largest absolute Gasteiger partial charge is 0.467 e. The van der Waals surface area contributed by atoms with Crippen molar-refractivity contribution in [3.05, 3.63) is 0 Å². The van der Waals surface area contributed by atoms with Crippen molar-refractivity contribution >= 4 is 11.9 Å². The molecule has 0 amide bonds. The maximum atomic E-state index is 10.1. The predicted octanol–water partition coefficient (Wildman–Crippen LogP) is -0.138. The van der Waals surface area contributed by atoms with E-state index in [0.29, 0.717) is 13.0 Å². The lowest BCUT2D eigenvalue weighted by molar-refractivity contribution is -0.149. The van der Waals surface area contributed by atoms with Crippen LogP contribution >= 0.6 is 0 Å². The van der Waals surface area contributed by atoms with Gasteiger partial charge < -0.3 is 19.7 Å². The molecule has 16 heavy (non-hydrogen) atoms. The van der Waals surface area contributed by atoms with E-state index in [4.69, 9.17) is 10.2 Å². The molecule has 6 nitrogen and oxygen atoms in total. The third kappa shape index (κ3) is 15.3. The van der Waals surface area contributed by atoms with Crippen molar-refractivity contribution in [3.63, 3.8) is 0 Å². The smallest absolute Gasteiger partial charge is 0.334 e. The highest BCUT2D eigenvalue weighted by Gasteiger charge is 2.05. The molecule has 96 valence electrons. The molecule has 0 aliphatic carbocycles. The van der Waals surface area contributed by atoms with Crippen molar-refractivity contribution < 1.29 is 29.3 Å². The SMILES string of the molecule is CC(=O)OCCCCO.COC(=O)C(C)O. The summed E-state index contributed by atoms with van der Waals surface area (Å²) in [5, 5.41) is 16.6. The fraction of sp³-hybridized carbons (Fsp3) is 0.800. The average molecular weight is 236 g/mol. The molecular formula is C10H20O6. The maximum Gasteiger partial charge on any atom is 0.334 e. The van der Waals surface area contributed by atoms with Gasteiger partial charge in [-0.15, -0.1) is 0 Å². The number of methoxy groups -OCH3 is 1. The molecule has 0 saturated heterocycles. The molecule has 0 aliphatic rings. The van der Waals surface area contributed by atoms with E-state index in [1.54, 1.807) is 0 Å². The molecule has 0 aliphatic heterocycles. The third-order valence-corrected chi connectivity index (χ3v) is 1.40. The van der Waals surface area contributed by atoms with Crippen LogP contribution < -0.4 is 0 Å². The first kappa shape index (κ1) is 17.3. The Labute approximate surface area is 95.2 Å². The van der Waals surface area contributed by atoms with Crippen molar-refractivity contribution in [1.29, 1.82) is 0 Å². The molecule has 0 aromatic heterocycles. The lowest BCUT2D eigenvalue weighted by Crippen LogP contribution is -2.16. The Balaban J connectivity index is 0. The van der Waals surface area contributed by atoms with Gasteiger partial charge in [0.2, 0.25) is 0 Å². The number of aliphatic hydroxyl groups excluding tert-OH is 2. The summed E-state index contributed by atoms with van der Waals surface area (Å²) < 4.78 is 8.72. The van der Waals surface area contributed by atoms with E-state index in [0.717, 1.165) is 6.42 Å². The Morgan fingerprint density at radius 3 is 2.12 bits per heavy atom. The van der Waals surface area contributed by atoms with Crippen LogP contribution in [0.25, 0.3) is 0 Å². The van der Waals surface area contributed by atoms with Gasteiger partial charge in [0.25, 0.3) is 0 Å². The second-order valence-corrected chi connectivity index (χ2v) is 2.97. The van der Waals surface area contributed by atoms with Crippen molar-refractivity contribution in [2.24, 2.45) is 0 Å². The van der Waals surface area contributed by atoms with Crippen LogP contribution in [0.15, 0.2) is 0 Å². The van der Waals surface area contributed by atoms with Crippen LogP contribution in [-0.4, -0.2) is 48.6 Å². The van der Waals surface area contributed by atoms with E-state index in [2.05, 4.69) is 9.47 Å². The lowest BCUT2D eigenvalue weighted by Gasteiger charge is -1.97. The first-order valence-corrected chi connectivity index (χ1v) is 4.95. The Morgan fingerprint density at radius 1 is 1.31 bits per heavy atom. The molecule has 2 N–H and O–H groups in total. The summed E-state index contributed by atoms with van der Waals surface area (Å²) in [5.74, 6) is -0.854. The minimum Gasteiger partial charge on any atom is -0.467 e. The monoisotopic (exact) mass is 236 g/mol. The fourth-order valence-corrected chi connectivity index (χ4v) is 0.600. The zero-order valence-corrected chi connectivity index (χ0v) is 9.93. The van der Waals surface area contributed by atoms with Crippen molar-refractivity contribution in [2.45, 2.75) is 32.8 Å². The van der Waals surface area contributed by atoms with Gasteiger partial charge in [-0.2, -0.15) is 0 Å². The Hall–Kier alpha value is -1.14. The summed E-state index contributed by atoms with van der Waals surface area (Å²) in [7, 11) is 1.23. The number of ether oxygens (including phenoxy) is 2. The molecule has 0 spiro atoms. The van der Waals surface area contributed by atoms with Crippen molar-refractivity contribution in [1.82, 2.24) is 0 Å². The summed E-state index contributed by atoms with van der Waals surface area (Å²) >= 11 is 0. The summed E-state index contributed by atoms with van der Waals surface area (Å²) in [5.41, 5.74) is 0. The van der Waals surface area contributed by atoms with Crippen LogP contribution in [0, 0.1) is 0 Å². The predicted molar refractivity (Wildman–Crippen MR) is 56.6 cm³/mol. The average Bonchev–Trinajstić information content (AvgIpc) is 2.23. The Bertz CT molecular complexity index is 190. The first-order valence-electron chi connectivity index (χ1n) is 4.95. The Morgan fingerprint density at radius 2 is 1.88 bits per heavy atom. The molecule has 0 bridgehead atoms. The van der Waals surface area contributed by atoms with Gasteiger partial charge in [0, 0.05) is 13.5 Å². The number of unbranched alkanes of at least 4 members (excludes halogenated alkanes) is 1. The molecule has 0 saturated carbocycles. The first-order chi connectivity index (χ1) is 7.45. The minimum absolute atomic E-state index is 0.168. The van der Waals surface area contributed by atoms with Gasteiger partial charge in [0.1, 0.15) is 6.10 Å². The zero-order valence-electron chi connectivity index (χ0n) is 9.93. The fourth-order valence-electron chi connectivity index (χ4n) is 0.600. The molecule has 0 radical (unpaired) electrons. The topological polar surface area (TPSA) is 93.1 Å². The number of aliphatic hydroxyl groups is 2. The lowest BCUT2D eigenvalue weighted by atomic mass is 10.3. The minimum atomic E-state index is -0.995. The summed E-state index contributed by atoms with van der Waals surface area (Å²) in [4.78, 5) is 20.2. The van der Waals surface area contributed by atoms with Gasteiger partial charge in [0.15, 0.2) is 0 Å². The van der Waals surface area contributed by atoms with E-state index in [-0.39, 0.29) is 12.6 Å². The van der Waals surface area contributed by atoms with E-state index >= 15 is 0 Å². The maximum absolute atomic E-state index is 10.1. The number of carbonyl (C=O) groups excluding carboxylic acids is 2. The second-order valence-electron chi connectivity index (χ2n) is 2.97. The van der Waals surface area contributed by atoms with Crippen LogP contribution in [0.3, 0.4) is 0 Å². The normalized spacial score (nSPS) is 10.8. The molecule has 0 fully saturated rings. The molecule has 0 aromatic rings. The Kier molecular flexibility index (Phi) is 12.9. The van der Waals surface area contributed by atoms with E-state index < -0.39 is 12.1 Å². The van der Waals surface area contributed by atoms with Crippen molar-refractivity contribution in [3.8, 4) is 0 Å². The standard InChI is InChI=1S/C6H12O3.C4H8O3/c1-6(8)9-5-3-2-4-7;1-3(5)4(6)7-2/h7H,2-5H2,1H3;3,5H,1-2H3. The molecule has 0 aromatic carbocycles. The second kappa shape index (κ2) is 11.9. The van der Waals surface area contributed by atoms with E-state index in [1.165, 1.54) is 21.0 Å². The van der Waals surface area contributed by atoms with Crippen LogP contribution in [0.5, 0.6) is 0 Å². The molecule has 1 unspecified atom stereocenters. The highest BCUT2D eigenvalue weighted by atomic mass is 16.5.